The third-order valence-electron chi connectivity index (χ3n) is 7.82. The average Bonchev–Trinajstić information content (AvgIpc) is 3.34. The number of nitrogens with zero attached hydrogens (tertiary/aromatic N) is 4. The monoisotopic (exact) mass is 555 g/mol. The number of esters is 1. The Morgan fingerprint density at radius 3 is 2.44 bits per heavy atom. The van der Waals surface area contributed by atoms with Gasteiger partial charge in [-0.25, -0.2) is 23.1 Å². The fraction of sp³-hybridized carbons (Fsp3) is 0.552. The van der Waals surface area contributed by atoms with Crippen LogP contribution in [0.2, 0.25) is 0 Å². The second kappa shape index (κ2) is 12.5. The summed E-state index contributed by atoms with van der Waals surface area (Å²) in [5.74, 6) is 1.12. The summed E-state index contributed by atoms with van der Waals surface area (Å²) in [7, 11) is 0.301. The molecule has 0 spiro atoms. The minimum atomic E-state index is -3.20. The lowest BCUT2D eigenvalue weighted by Gasteiger charge is -2.35. The predicted octanol–water partition coefficient (Wildman–Crippen LogP) is 4.48. The zero-order valence-corrected chi connectivity index (χ0v) is 24.4. The largest absolute Gasteiger partial charge is 0.443 e. The maximum absolute atomic E-state index is 12.8. The third-order valence-corrected chi connectivity index (χ3v) is 9.35. The highest BCUT2D eigenvalue weighted by Crippen LogP contribution is 2.32. The Bertz CT molecular complexity index is 1360. The predicted molar refractivity (Wildman–Crippen MR) is 154 cm³/mol. The van der Waals surface area contributed by atoms with E-state index in [1.807, 2.05) is 42.9 Å². The van der Waals surface area contributed by atoms with Gasteiger partial charge in [0.15, 0.2) is 6.73 Å². The molecule has 9 nitrogen and oxygen atoms in total. The fourth-order valence-corrected chi connectivity index (χ4v) is 6.57. The molecule has 39 heavy (non-hydrogen) atoms. The van der Waals surface area contributed by atoms with Gasteiger partial charge in [0.25, 0.3) is 0 Å². The van der Waals surface area contributed by atoms with Gasteiger partial charge >= 0.3 is 5.97 Å². The topological polar surface area (TPSA) is 106 Å². The molecule has 2 aromatic heterocycles. The molecule has 1 fully saturated rings. The van der Waals surface area contributed by atoms with Crippen molar-refractivity contribution >= 4 is 32.8 Å². The smallest absolute Gasteiger partial charge is 0.314 e. The molecule has 212 valence electrons. The summed E-state index contributed by atoms with van der Waals surface area (Å²) < 4.78 is 33.8. The summed E-state index contributed by atoms with van der Waals surface area (Å²) in [6, 6.07) is 10.4. The SMILES string of the molecule is CNS(=O)(=O)C[C@H]1CC[C@H](N(C)c2ncnc3c2ccn3COC(=O)[C@@H](C)c2ccc(CC(C)C)cc2)CC1. The maximum atomic E-state index is 12.8. The number of fused-ring (bicyclic) bond motifs is 1. The van der Waals surface area contributed by atoms with Gasteiger partial charge in [-0.2, -0.15) is 0 Å². The van der Waals surface area contributed by atoms with Crippen LogP contribution in [-0.4, -0.2) is 54.8 Å². The van der Waals surface area contributed by atoms with E-state index in [1.54, 1.807) is 6.33 Å². The van der Waals surface area contributed by atoms with Crippen molar-refractivity contribution in [1.29, 1.82) is 0 Å². The van der Waals surface area contributed by atoms with E-state index in [4.69, 9.17) is 4.74 Å². The molecule has 3 aromatic rings. The molecule has 1 saturated carbocycles. The number of benzene rings is 1. The van der Waals surface area contributed by atoms with Crippen LogP contribution in [0.1, 0.15) is 63.5 Å². The molecule has 0 aliphatic heterocycles. The molecular weight excluding hydrogens is 514 g/mol. The highest BCUT2D eigenvalue weighted by molar-refractivity contribution is 7.89. The Morgan fingerprint density at radius 1 is 1.10 bits per heavy atom. The molecule has 10 heteroatoms. The number of anilines is 1. The number of rotatable bonds is 11. The van der Waals surface area contributed by atoms with Gasteiger partial charge in [0.05, 0.1) is 17.1 Å². The van der Waals surface area contributed by atoms with E-state index < -0.39 is 10.0 Å². The van der Waals surface area contributed by atoms with Crippen molar-refractivity contribution in [1.82, 2.24) is 19.3 Å². The minimum Gasteiger partial charge on any atom is -0.443 e. The van der Waals surface area contributed by atoms with Crippen molar-refractivity contribution in [3.05, 3.63) is 54.0 Å². The molecular formula is C29H41N5O4S. The van der Waals surface area contributed by atoms with E-state index >= 15 is 0 Å². The summed E-state index contributed by atoms with van der Waals surface area (Å²) >= 11 is 0. The summed E-state index contributed by atoms with van der Waals surface area (Å²) in [5, 5.41) is 0.893. The van der Waals surface area contributed by atoms with E-state index in [-0.39, 0.29) is 36.3 Å². The van der Waals surface area contributed by atoms with E-state index in [0.29, 0.717) is 11.6 Å². The number of hydrogen-bond donors (Lipinski definition) is 1. The van der Waals surface area contributed by atoms with E-state index in [9.17, 15) is 13.2 Å². The van der Waals surface area contributed by atoms with Crippen LogP contribution in [0.3, 0.4) is 0 Å². The Kier molecular flexibility index (Phi) is 9.27. The molecule has 1 N–H and O–H groups in total. The van der Waals surface area contributed by atoms with Crippen molar-refractivity contribution < 1.29 is 17.9 Å². The number of nitrogens with one attached hydrogen (secondary N) is 1. The molecule has 0 saturated heterocycles. The van der Waals surface area contributed by atoms with E-state index in [0.717, 1.165) is 48.9 Å². The van der Waals surface area contributed by atoms with Crippen LogP contribution in [-0.2, 0) is 32.7 Å². The van der Waals surface area contributed by atoms with Gasteiger partial charge in [0.2, 0.25) is 10.0 Å². The van der Waals surface area contributed by atoms with Crippen LogP contribution in [0.15, 0.2) is 42.9 Å². The van der Waals surface area contributed by atoms with Gasteiger partial charge in [-0.3, -0.25) is 9.36 Å². The number of carbonyl (C=O) groups excluding carboxylic acids is 1. The fourth-order valence-electron chi connectivity index (χ4n) is 5.45. The van der Waals surface area contributed by atoms with Gasteiger partial charge in [-0.15, -0.1) is 0 Å². The quantitative estimate of drug-likeness (QED) is 0.348. The van der Waals surface area contributed by atoms with Crippen LogP contribution in [0.5, 0.6) is 0 Å². The Morgan fingerprint density at radius 2 is 1.79 bits per heavy atom. The normalized spacial score (nSPS) is 18.8. The molecule has 1 aliphatic rings. The van der Waals surface area contributed by atoms with Crippen LogP contribution in [0.25, 0.3) is 11.0 Å². The number of sulfonamides is 1. The summed E-state index contributed by atoms with van der Waals surface area (Å²) in [6.45, 7) is 6.33. The average molecular weight is 556 g/mol. The van der Waals surface area contributed by atoms with Crippen molar-refractivity contribution in [2.45, 2.75) is 71.6 Å². The Labute approximate surface area is 232 Å². The summed E-state index contributed by atoms with van der Waals surface area (Å²) in [6.07, 6.45) is 7.95. The minimum absolute atomic E-state index is 0.0727. The lowest BCUT2D eigenvalue weighted by molar-refractivity contribution is -0.148. The molecule has 1 aromatic carbocycles. The molecule has 0 unspecified atom stereocenters. The number of carbonyl (C=O) groups is 1. The van der Waals surface area contributed by atoms with Gasteiger partial charge in [0.1, 0.15) is 17.8 Å². The van der Waals surface area contributed by atoms with Crippen LogP contribution >= 0.6 is 0 Å². The van der Waals surface area contributed by atoms with Crippen molar-refractivity contribution in [3.8, 4) is 0 Å². The molecule has 0 bridgehead atoms. The molecule has 1 atom stereocenters. The number of aromatic nitrogens is 3. The first-order valence-electron chi connectivity index (χ1n) is 13.8. The van der Waals surface area contributed by atoms with Crippen LogP contribution in [0, 0.1) is 11.8 Å². The molecule has 2 heterocycles. The van der Waals surface area contributed by atoms with Gasteiger partial charge in [0, 0.05) is 19.3 Å². The first-order valence-corrected chi connectivity index (χ1v) is 15.4. The van der Waals surface area contributed by atoms with Gasteiger partial charge in [-0.05, 0) is 75.1 Å². The van der Waals surface area contributed by atoms with Gasteiger partial charge in [-0.1, -0.05) is 38.1 Å². The van der Waals surface area contributed by atoms with Crippen molar-refractivity contribution in [2.24, 2.45) is 11.8 Å². The first kappa shape index (κ1) is 29.0. The van der Waals surface area contributed by atoms with Crippen molar-refractivity contribution in [3.63, 3.8) is 0 Å². The molecule has 0 radical (unpaired) electrons. The van der Waals surface area contributed by atoms with Gasteiger partial charge < -0.3 is 9.64 Å². The Balaban J connectivity index is 1.38. The lowest BCUT2D eigenvalue weighted by atomic mass is 9.86. The summed E-state index contributed by atoms with van der Waals surface area (Å²) in [5.41, 5.74) is 2.91. The van der Waals surface area contributed by atoms with Crippen molar-refractivity contribution in [2.75, 3.05) is 24.7 Å². The Hall–Kier alpha value is -2.98. The van der Waals surface area contributed by atoms with E-state index in [1.165, 1.54) is 12.6 Å². The molecule has 1 aliphatic carbocycles. The van der Waals surface area contributed by atoms with Crippen LogP contribution < -0.4 is 9.62 Å². The molecule has 4 rings (SSSR count). The summed E-state index contributed by atoms with van der Waals surface area (Å²) in [4.78, 5) is 24.0. The number of ether oxygens (including phenoxy) is 1. The highest BCUT2D eigenvalue weighted by atomic mass is 32.2. The standard InChI is InChI=1S/C29H41N5O4S/c1-20(2)16-22-6-10-24(11-7-22)21(3)29(35)38-19-34-15-14-26-27(31-18-32-28(26)34)33(5)25-12-8-23(9-13-25)17-39(36,37)30-4/h6-7,10-11,14-15,18,20-21,23,25,30H,8-9,12-13,16-17,19H2,1-5H3/t21-,23-,25-/m0/s1. The van der Waals surface area contributed by atoms with Crippen LogP contribution in [0.4, 0.5) is 5.82 Å². The van der Waals surface area contributed by atoms with E-state index in [2.05, 4.69) is 45.6 Å². The highest BCUT2D eigenvalue weighted by Gasteiger charge is 2.28. The second-order valence-electron chi connectivity index (χ2n) is 11.1. The number of hydrogen-bond acceptors (Lipinski definition) is 7. The maximum Gasteiger partial charge on any atom is 0.314 e. The second-order valence-corrected chi connectivity index (χ2v) is 13.1. The lowest BCUT2D eigenvalue weighted by Crippen LogP contribution is -2.38. The molecule has 0 amide bonds. The first-order chi connectivity index (χ1) is 18.6. The zero-order chi connectivity index (χ0) is 28.2. The third kappa shape index (κ3) is 7.16. The zero-order valence-electron chi connectivity index (χ0n) is 23.6.